The molecule has 2 aliphatic rings. The SMILES string of the molecule is COC(=O)CCCCCC[C@H]1CCC[C@@H]1CCCc1cc2c(s1)C=CCC=C2. The smallest absolute Gasteiger partial charge is 0.305 e. The molecule has 154 valence electrons. The Balaban J connectivity index is 1.32. The average molecular weight is 401 g/mol. The van der Waals surface area contributed by atoms with Crippen LogP contribution in [0.15, 0.2) is 18.2 Å². The van der Waals surface area contributed by atoms with Crippen LogP contribution in [-0.4, -0.2) is 13.1 Å². The standard InChI is InChI=1S/C25H36O2S/c1-27-25(26)18-8-3-2-5-11-20-13-9-14-21(20)15-10-16-23-19-22-12-6-4-7-17-24(22)28-23/h6-7,12,17,19-21H,2-5,8-11,13-16,18H2,1H3/t20-,21+/m0/s1. The van der Waals surface area contributed by atoms with Gasteiger partial charge in [0.15, 0.2) is 0 Å². The lowest BCUT2D eigenvalue weighted by molar-refractivity contribution is -0.140. The van der Waals surface area contributed by atoms with E-state index in [4.69, 9.17) is 4.74 Å². The Morgan fingerprint density at radius 2 is 1.79 bits per heavy atom. The summed E-state index contributed by atoms with van der Waals surface area (Å²) < 4.78 is 4.71. The van der Waals surface area contributed by atoms with Crippen LogP contribution in [0, 0.1) is 11.8 Å². The van der Waals surface area contributed by atoms with E-state index in [-0.39, 0.29) is 5.97 Å². The first kappa shape index (κ1) is 21.4. The van der Waals surface area contributed by atoms with Gasteiger partial charge in [0.05, 0.1) is 7.11 Å². The predicted octanol–water partition coefficient (Wildman–Crippen LogP) is 7.43. The van der Waals surface area contributed by atoms with Crippen LogP contribution in [0.5, 0.6) is 0 Å². The third kappa shape index (κ3) is 6.62. The van der Waals surface area contributed by atoms with Gasteiger partial charge in [-0.2, -0.15) is 0 Å². The van der Waals surface area contributed by atoms with Crippen LogP contribution in [0.3, 0.4) is 0 Å². The van der Waals surface area contributed by atoms with Gasteiger partial charge >= 0.3 is 5.97 Å². The molecule has 1 aromatic heterocycles. The number of ether oxygens (including phenoxy) is 1. The number of carbonyl (C=O) groups is 1. The van der Waals surface area contributed by atoms with Crippen molar-refractivity contribution in [3.8, 4) is 0 Å². The van der Waals surface area contributed by atoms with Crippen molar-refractivity contribution < 1.29 is 9.53 Å². The highest BCUT2D eigenvalue weighted by molar-refractivity contribution is 7.13. The number of rotatable bonds is 11. The quantitative estimate of drug-likeness (QED) is 0.285. The normalized spacial score (nSPS) is 20.9. The van der Waals surface area contributed by atoms with Crippen LogP contribution >= 0.6 is 11.3 Å². The molecule has 2 aliphatic carbocycles. The minimum Gasteiger partial charge on any atom is -0.469 e. The van der Waals surface area contributed by atoms with Crippen LogP contribution < -0.4 is 0 Å². The highest BCUT2D eigenvalue weighted by Crippen LogP contribution is 2.39. The Labute approximate surface area is 175 Å². The Morgan fingerprint density at radius 3 is 2.61 bits per heavy atom. The number of carbonyl (C=O) groups excluding carboxylic acids is 1. The number of unbranched alkanes of at least 4 members (excludes halogenated alkanes) is 3. The van der Waals surface area contributed by atoms with Gasteiger partial charge < -0.3 is 4.74 Å². The van der Waals surface area contributed by atoms with Crippen molar-refractivity contribution in [2.75, 3.05) is 7.11 Å². The fourth-order valence-electron chi connectivity index (χ4n) is 4.85. The Morgan fingerprint density at radius 1 is 1.04 bits per heavy atom. The molecule has 1 saturated carbocycles. The van der Waals surface area contributed by atoms with Crippen LogP contribution in [0.25, 0.3) is 12.2 Å². The molecular weight excluding hydrogens is 364 g/mol. The number of esters is 1. The summed E-state index contributed by atoms with van der Waals surface area (Å²) in [5.74, 6) is 1.84. The first-order valence-electron chi connectivity index (χ1n) is 11.3. The molecule has 1 aromatic rings. The molecule has 0 aliphatic heterocycles. The zero-order chi connectivity index (χ0) is 19.6. The van der Waals surface area contributed by atoms with Gasteiger partial charge in [-0.05, 0) is 61.6 Å². The summed E-state index contributed by atoms with van der Waals surface area (Å²) in [6.07, 6.45) is 25.2. The minimum absolute atomic E-state index is 0.0648. The van der Waals surface area contributed by atoms with E-state index in [0.717, 1.165) is 24.7 Å². The second-order valence-corrected chi connectivity index (χ2v) is 9.61. The molecule has 0 amide bonds. The third-order valence-corrected chi connectivity index (χ3v) is 7.60. The van der Waals surface area contributed by atoms with Crippen molar-refractivity contribution in [1.29, 1.82) is 0 Å². The van der Waals surface area contributed by atoms with E-state index >= 15 is 0 Å². The van der Waals surface area contributed by atoms with E-state index in [9.17, 15) is 4.79 Å². The van der Waals surface area contributed by atoms with Crippen LogP contribution in [0.1, 0.15) is 92.4 Å². The van der Waals surface area contributed by atoms with Gasteiger partial charge in [-0.3, -0.25) is 4.79 Å². The lowest BCUT2D eigenvalue weighted by Gasteiger charge is -2.19. The molecular formula is C25H36O2S. The van der Waals surface area contributed by atoms with Crippen molar-refractivity contribution in [2.45, 2.75) is 83.5 Å². The van der Waals surface area contributed by atoms with Crippen LogP contribution in [0.2, 0.25) is 0 Å². The molecule has 1 fully saturated rings. The number of aryl methyl sites for hydroxylation is 1. The maximum Gasteiger partial charge on any atom is 0.305 e. The van der Waals surface area contributed by atoms with Crippen LogP contribution in [0.4, 0.5) is 0 Å². The van der Waals surface area contributed by atoms with Crippen LogP contribution in [-0.2, 0) is 16.0 Å². The summed E-state index contributed by atoms with van der Waals surface area (Å²) in [5.41, 5.74) is 1.42. The second kappa shape index (κ2) is 11.6. The van der Waals surface area contributed by atoms with Gasteiger partial charge in [-0.15, -0.1) is 11.3 Å². The zero-order valence-corrected chi connectivity index (χ0v) is 18.3. The van der Waals surface area contributed by atoms with E-state index in [1.165, 1.54) is 81.8 Å². The lowest BCUT2D eigenvalue weighted by Crippen LogP contribution is -2.08. The number of methoxy groups -OCH3 is 1. The van der Waals surface area contributed by atoms with Gasteiger partial charge in [0, 0.05) is 16.2 Å². The molecule has 0 N–H and O–H groups in total. The molecule has 0 saturated heterocycles. The maximum atomic E-state index is 11.1. The van der Waals surface area contributed by atoms with Gasteiger partial charge in [-0.25, -0.2) is 0 Å². The lowest BCUT2D eigenvalue weighted by atomic mass is 9.87. The zero-order valence-electron chi connectivity index (χ0n) is 17.5. The Kier molecular flexibility index (Phi) is 8.85. The molecule has 0 radical (unpaired) electrons. The molecule has 3 rings (SSSR count). The van der Waals surface area contributed by atoms with E-state index in [0.29, 0.717) is 6.42 Å². The van der Waals surface area contributed by atoms with Gasteiger partial charge in [-0.1, -0.05) is 63.2 Å². The fraction of sp³-hybridized carbons (Fsp3) is 0.640. The fourth-order valence-corrected chi connectivity index (χ4v) is 5.97. The molecule has 0 bridgehead atoms. The third-order valence-electron chi connectivity index (χ3n) is 6.43. The Bertz CT molecular complexity index is 641. The molecule has 3 heteroatoms. The Hall–Kier alpha value is -1.35. The first-order chi connectivity index (χ1) is 13.8. The van der Waals surface area contributed by atoms with Crippen molar-refractivity contribution in [3.05, 3.63) is 33.5 Å². The van der Waals surface area contributed by atoms with Crippen molar-refractivity contribution in [2.24, 2.45) is 11.8 Å². The summed E-state index contributed by atoms with van der Waals surface area (Å²) >= 11 is 1.99. The van der Waals surface area contributed by atoms with E-state index in [1.807, 2.05) is 11.3 Å². The monoisotopic (exact) mass is 400 g/mol. The first-order valence-corrected chi connectivity index (χ1v) is 12.1. The maximum absolute atomic E-state index is 11.1. The summed E-state index contributed by atoms with van der Waals surface area (Å²) in [6, 6.07) is 2.41. The highest BCUT2D eigenvalue weighted by Gasteiger charge is 2.26. The molecule has 1 heterocycles. The number of fused-ring (bicyclic) bond motifs is 1. The molecule has 0 aromatic carbocycles. The van der Waals surface area contributed by atoms with E-state index < -0.39 is 0 Å². The van der Waals surface area contributed by atoms with Crippen molar-refractivity contribution >= 4 is 29.5 Å². The largest absolute Gasteiger partial charge is 0.469 e. The van der Waals surface area contributed by atoms with Crippen molar-refractivity contribution in [3.63, 3.8) is 0 Å². The predicted molar refractivity (Wildman–Crippen MR) is 120 cm³/mol. The highest BCUT2D eigenvalue weighted by atomic mass is 32.1. The number of thiophene rings is 1. The summed E-state index contributed by atoms with van der Waals surface area (Å²) in [5, 5.41) is 0. The minimum atomic E-state index is -0.0648. The number of allylic oxidation sites excluding steroid dienone is 2. The van der Waals surface area contributed by atoms with E-state index in [1.54, 1.807) is 4.88 Å². The molecule has 0 unspecified atom stereocenters. The van der Waals surface area contributed by atoms with Crippen molar-refractivity contribution in [1.82, 2.24) is 0 Å². The summed E-state index contributed by atoms with van der Waals surface area (Å²) in [7, 11) is 1.48. The summed E-state index contributed by atoms with van der Waals surface area (Å²) in [6.45, 7) is 0. The molecule has 0 spiro atoms. The van der Waals surface area contributed by atoms with Gasteiger partial charge in [0.25, 0.3) is 0 Å². The molecule has 2 nitrogen and oxygen atoms in total. The number of hydrogen-bond acceptors (Lipinski definition) is 3. The van der Waals surface area contributed by atoms with Gasteiger partial charge in [0.1, 0.15) is 0 Å². The number of hydrogen-bond donors (Lipinski definition) is 0. The molecule has 2 atom stereocenters. The molecule has 28 heavy (non-hydrogen) atoms. The average Bonchev–Trinajstić information content (AvgIpc) is 3.25. The van der Waals surface area contributed by atoms with E-state index in [2.05, 4.69) is 30.4 Å². The van der Waals surface area contributed by atoms with Gasteiger partial charge in [0.2, 0.25) is 0 Å². The summed E-state index contributed by atoms with van der Waals surface area (Å²) in [4.78, 5) is 14.1. The topological polar surface area (TPSA) is 26.3 Å². The second-order valence-electron chi connectivity index (χ2n) is 8.45.